The molecule has 0 saturated heterocycles. The van der Waals surface area contributed by atoms with Gasteiger partial charge in [0.15, 0.2) is 0 Å². The lowest BCUT2D eigenvalue weighted by Crippen LogP contribution is -2.64. The summed E-state index contributed by atoms with van der Waals surface area (Å²) in [6.45, 7) is 4.22. The van der Waals surface area contributed by atoms with E-state index in [0.717, 1.165) is 5.56 Å². The zero-order valence-corrected chi connectivity index (χ0v) is 13.3. The zero-order chi connectivity index (χ0) is 15.6. The summed E-state index contributed by atoms with van der Waals surface area (Å²) in [6.07, 6.45) is 0.516. The maximum Gasteiger partial charge on any atom is 0.240 e. The molecule has 118 valence electrons. The number of aryl methyl sites for hydroxylation is 1. The summed E-state index contributed by atoms with van der Waals surface area (Å²) in [7, 11) is -2.07. The van der Waals surface area contributed by atoms with Gasteiger partial charge in [0.25, 0.3) is 0 Å². The van der Waals surface area contributed by atoms with E-state index in [1.807, 2.05) is 6.92 Å². The van der Waals surface area contributed by atoms with E-state index >= 15 is 0 Å². The second-order valence-electron chi connectivity index (χ2n) is 5.17. The standard InChI is InChI=1S/C14H22N2O4S/c1-4-20-13-8-11(15)14(13)16-21(17,18)10-5-6-12(19-3)9(2)7-10/h5-7,11,13-14,16H,4,8,15H2,1-3H3. The van der Waals surface area contributed by atoms with Crippen LogP contribution in [0, 0.1) is 6.92 Å². The molecule has 0 heterocycles. The van der Waals surface area contributed by atoms with E-state index in [2.05, 4.69) is 4.72 Å². The third-order valence-corrected chi connectivity index (χ3v) is 5.17. The van der Waals surface area contributed by atoms with Crippen LogP contribution >= 0.6 is 0 Å². The van der Waals surface area contributed by atoms with Crippen LogP contribution in [-0.4, -0.2) is 40.3 Å². The van der Waals surface area contributed by atoms with Gasteiger partial charge in [-0.25, -0.2) is 13.1 Å². The van der Waals surface area contributed by atoms with Gasteiger partial charge in [0.05, 0.1) is 24.2 Å². The molecule has 0 bridgehead atoms. The number of hydrogen-bond acceptors (Lipinski definition) is 5. The van der Waals surface area contributed by atoms with Gasteiger partial charge in [0.1, 0.15) is 5.75 Å². The largest absolute Gasteiger partial charge is 0.496 e. The second-order valence-corrected chi connectivity index (χ2v) is 6.89. The normalized spacial score (nSPS) is 25.4. The summed E-state index contributed by atoms with van der Waals surface area (Å²) in [6, 6.07) is 4.16. The van der Waals surface area contributed by atoms with Gasteiger partial charge in [-0.3, -0.25) is 0 Å². The van der Waals surface area contributed by atoms with Gasteiger partial charge < -0.3 is 15.2 Å². The summed E-state index contributed by atoms with van der Waals surface area (Å²) >= 11 is 0. The minimum Gasteiger partial charge on any atom is -0.496 e. The number of sulfonamides is 1. The van der Waals surface area contributed by atoms with Crippen LogP contribution in [0.15, 0.2) is 23.1 Å². The number of nitrogens with two attached hydrogens (primary N) is 1. The smallest absolute Gasteiger partial charge is 0.240 e. The van der Waals surface area contributed by atoms with Gasteiger partial charge in [-0.2, -0.15) is 0 Å². The summed E-state index contributed by atoms with van der Waals surface area (Å²) < 4.78 is 38.1. The molecule has 3 unspecified atom stereocenters. The highest BCUT2D eigenvalue weighted by Crippen LogP contribution is 2.26. The minimum absolute atomic E-state index is 0.154. The van der Waals surface area contributed by atoms with Crippen LogP contribution in [-0.2, 0) is 14.8 Å². The lowest BCUT2D eigenvalue weighted by Gasteiger charge is -2.42. The molecule has 1 fully saturated rings. The van der Waals surface area contributed by atoms with Gasteiger partial charge in [-0.15, -0.1) is 0 Å². The van der Waals surface area contributed by atoms with Crippen molar-refractivity contribution in [1.29, 1.82) is 0 Å². The maximum absolute atomic E-state index is 12.4. The van der Waals surface area contributed by atoms with Gasteiger partial charge in [-0.1, -0.05) is 0 Å². The molecule has 0 radical (unpaired) electrons. The van der Waals surface area contributed by atoms with Crippen molar-refractivity contribution in [1.82, 2.24) is 4.72 Å². The molecule has 6 nitrogen and oxygen atoms in total. The summed E-state index contributed by atoms with van der Waals surface area (Å²) in [5.41, 5.74) is 6.64. The summed E-state index contributed by atoms with van der Waals surface area (Å²) in [5, 5.41) is 0. The van der Waals surface area contributed by atoms with E-state index in [1.54, 1.807) is 26.2 Å². The van der Waals surface area contributed by atoms with Crippen molar-refractivity contribution < 1.29 is 17.9 Å². The minimum atomic E-state index is -3.62. The number of rotatable bonds is 6. The molecule has 1 saturated carbocycles. The molecule has 7 heteroatoms. The third-order valence-electron chi connectivity index (χ3n) is 3.71. The highest BCUT2D eigenvalue weighted by atomic mass is 32.2. The fraction of sp³-hybridized carbons (Fsp3) is 0.571. The Bertz CT molecular complexity index is 601. The molecule has 0 spiro atoms. The molecule has 21 heavy (non-hydrogen) atoms. The molecular formula is C14H22N2O4S. The van der Waals surface area contributed by atoms with Crippen LogP contribution in [0.5, 0.6) is 5.75 Å². The predicted octanol–water partition coefficient (Wildman–Crippen LogP) is 0.787. The predicted molar refractivity (Wildman–Crippen MR) is 79.8 cm³/mol. The second kappa shape index (κ2) is 6.31. The Labute approximate surface area is 125 Å². The van der Waals surface area contributed by atoms with Gasteiger partial charge in [-0.05, 0) is 44.0 Å². The lowest BCUT2D eigenvalue weighted by molar-refractivity contribution is -0.0248. The van der Waals surface area contributed by atoms with Crippen LogP contribution in [0.4, 0.5) is 0 Å². The Morgan fingerprint density at radius 3 is 2.67 bits per heavy atom. The molecule has 1 aromatic rings. The molecular weight excluding hydrogens is 292 g/mol. The van der Waals surface area contributed by atoms with Gasteiger partial charge in [0.2, 0.25) is 10.0 Å². The van der Waals surface area contributed by atoms with Crippen molar-refractivity contribution in [3.8, 4) is 5.75 Å². The third kappa shape index (κ3) is 3.37. The van der Waals surface area contributed by atoms with E-state index in [0.29, 0.717) is 18.8 Å². The Kier molecular flexibility index (Phi) is 4.88. The van der Waals surface area contributed by atoms with E-state index in [1.165, 1.54) is 6.07 Å². The fourth-order valence-corrected chi connectivity index (χ4v) is 3.86. The van der Waals surface area contributed by atoms with Crippen molar-refractivity contribution in [2.45, 2.75) is 43.4 Å². The van der Waals surface area contributed by atoms with E-state index in [-0.39, 0.29) is 23.1 Å². The first-order valence-corrected chi connectivity index (χ1v) is 8.41. The van der Waals surface area contributed by atoms with Crippen LogP contribution < -0.4 is 15.2 Å². The average Bonchev–Trinajstić information content (AvgIpc) is 2.45. The highest BCUT2D eigenvalue weighted by Gasteiger charge is 2.42. The average molecular weight is 314 g/mol. The van der Waals surface area contributed by atoms with Crippen molar-refractivity contribution >= 4 is 10.0 Å². The van der Waals surface area contributed by atoms with Gasteiger partial charge >= 0.3 is 0 Å². The topological polar surface area (TPSA) is 90.6 Å². The Morgan fingerprint density at radius 1 is 1.43 bits per heavy atom. The van der Waals surface area contributed by atoms with Crippen LogP contribution in [0.25, 0.3) is 0 Å². The molecule has 0 aliphatic heterocycles. The molecule has 1 aliphatic rings. The van der Waals surface area contributed by atoms with Crippen molar-refractivity contribution in [3.63, 3.8) is 0 Å². The van der Waals surface area contributed by atoms with Crippen LogP contribution in [0.2, 0.25) is 0 Å². The van der Waals surface area contributed by atoms with Crippen molar-refractivity contribution in [2.75, 3.05) is 13.7 Å². The SMILES string of the molecule is CCOC1CC(N)C1NS(=O)(=O)c1ccc(OC)c(C)c1. The maximum atomic E-state index is 12.4. The molecule has 2 rings (SSSR count). The quantitative estimate of drug-likeness (QED) is 0.810. The van der Waals surface area contributed by atoms with E-state index < -0.39 is 10.0 Å². The van der Waals surface area contributed by atoms with E-state index in [4.69, 9.17) is 15.2 Å². The van der Waals surface area contributed by atoms with Crippen LogP contribution in [0.1, 0.15) is 18.9 Å². The Morgan fingerprint density at radius 2 is 2.14 bits per heavy atom. The highest BCUT2D eigenvalue weighted by molar-refractivity contribution is 7.89. The number of hydrogen-bond donors (Lipinski definition) is 2. The molecule has 0 aromatic heterocycles. The number of benzene rings is 1. The first-order chi connectivity index (χ1) is 9.89. The molecule has 3 N–H and O–H groups in total. The van der Waals surface area contributed by atoms with Crippen LogP contribution in [0.3, 0.4) is 0 Å². The number of methoxy groups -OCH3 is 1. The first-order valence-electron chi connectivity index (χ1n) is 6.93. The Hall–Kier alpha value is -1.15. The molecule has 1 aromatic carbocycles. The summed E-state index contributed by atoms with van der Waals surface area (Å²) in [5.74, 6) is 0.654. The number of nitrogens with one attached hydrogen (secondary N) is 1. The van der Waals surface area contributed by atoms with Crippen molar-refractivity contribution in [2.24, 2.45) is 5.73 Å². The molecule has 1 aliphatic carbocycles. The molecule has 3 atom stereocenters. The number of ether oxygens (including phenoxy) is 2. The van der Waals surface area contributed by atoms with E-state index in [9.17, 15) is 8.42 Å². The fourth-order valence-electron chi connectivity index (χ4n) is 2.46. The first kappa shape index (κ1) is 16.2. The lowest BCUT2D eigenvalue weighted by atomic mass is 9.84. The summed E-state index contributed by atoms with van der Waals surface area (Å²) in [4.78, 5) is 0.204. The zero-order valence-electron chi connectivity index (χ0n) is 12.5. The van der Waals surface area contributed by atoms with Gasteiger partial charge in [0, 0.05) is 12.6 Å². The van der Waals surface area contributed by atoms with Crippen molar-refractivity contribution in [3.05, 3.63) is 23.8 Å². The Balaban J connectivity index is 2.16. The molecule has 0 amide bonds. The monoisotopic (exact) mass is 314 g/mol.